The molecule has 0 amide bonds. The van der Waals surface area contributed by atoms with Crippen molar-refractivity contribution >= 4 is 23.6 Å². The molecule has 0 saturated carbocycles. The fourth-order valence-electron chi connectivity index (χ4n) is 2.87. The molecule has 0 radical (unpaired) electrons. The van der Waals surface area contributed by atoms with Crippen LogP contribution in [0.1, 0.15) is 37.6 Å². The molecule has 31 heavy (non-hydrogen) atoms. The van der Waals surface area contributed by atoms with Crippen molar-refractivity contribution in [3.8, 4) is 5.75 Å². The standard InChI is InChI=1S/C22H21ClN6O2/c1-22(2,3)19-20(30)29(21-26-24-14-28(21)27-19)25-12-15-6-10-18(11-7-15)31-13-16-4-8-17(23)9-5-16/h4-12,14H,13H2,1-3H3/b25-12+. The van der Waals surface area contributed by atoms with Crippen LogP contribution >= 0.6 is 11.6 Å². The van der Waals surface area contributed by atoms with Gasteiger partial charge in [-0.2, -0.15) is 19.4 Å². The summed E-state index contributed by atoms with van der Waals surface area (Å²) in [6.07, 6.45) is 3.04. The van der Waals surface area contributed by atoms with E-state index in [9.17, 15) is 4.79 Å². The molecule has 4 rings (SSSR count). The smallest absolute Gasteiger partial charge is 0.298 e. The summed E-state index contributed by atoms with van der Waals surface area (Å²) in [6, 6.07) is 14.9. The zero-order valence-corrected chi connectivity index (χ0v) is 18.1. The lowest BCUT2D eigenvalue weighted by Gasteiger charge is -2.16. The molecule has 0 bridgehead atoms. The van der Waals surface area contributed by atoms with Crippen LogP contribution in [0.5, 0.6) is 5.75 Å². The van der Waals surface area contributed by atoms with Gasteiger partial charge in [0.15, 0.2) is 0 Å². The minimum absolute atomic E-state index is 0.247. The van der Waals surface area contributed by atoms with E-state index >= 15 is 0 Å². The number of hydrogen-bond acceptors (Lipinski definition) is 6. The maximum absolute atomic E-state index is 12.9. The number of halogens is 1. The molecule has 2 aromatic heterocycles. The Bertz CT molecular complexity index is 1290. The van der Waals surface area contributed by atoms with Gasteiger partial charge in [-0.1, -0.05) is 44.5 Å². The first-order valence-electron chi connectivity index (χ1n) is 9.66. The summed E-state index contributed by atoms with van der Waals surface area (Å²) in [7, 11) is 0. The maximum atomic E-state index is 12.9. The molecule has 9 heteroatoms. The monoisotopic (exact) mass is 436 g/mol. The van der Waals surface area contributed by atoms with Gasteiger partial charge >= 0.3 is 0 Å². The van der Waals surface area contributed by atoms with E-state index in [1.54, 1.807) is 6.21 Å². The molecule has 0 fully saturated rings. The van der Waals surface area contributed by atoms with Crippen LogP contribution in [-0.4, -0.2) is 30.7 Å². The van der Waals surface area contributed by atoms with Crippen molar-refractivity contribution in [3.05, 3.63) is 87.1 Å². The van der Waals surface area contributed by atoms with E-state index in [2.05, 4.69) is 20.4 Å². The fraction of sp³-hybridized carbons (Fsp3) is 0.227. The van der Waals surface area contributed by atoms with Gasteiger partial charge in [0.2, 0.25) is 0 Å². The van der Waals surface area contributed by atoms with E-state index in [0.29, 0.717) is 17.3 Å². The highest BCUT2D eigenvalue weighted by Crippen LogP contribution is 2.17. The Balaban J connectivity index is 1.54. The average Bonchev–Trinajstić information content (AvgIpc) is 3.21. The molecule has 158 valence electrons. The van der Waals surface area contributed by atoms with Gasteiger partial charge in [0.05, 0.1) is 6.21 Å². The first kappa shape index (κ1) is 20.7. The van der Waals surface area contributed by atoms with Crippen LogP contribution in [0.2, 0.25) is 5.02 Å². The quantitative estimate of drug-likeness (QED) is 0.445. The van der Waals surface area contributed by atoms with Gasteiger partial charge in [0.25, 0.3) is 11.3 Å². The zero-order chi connectivity index (χ0) is 22.0. The van der Waals surface area contributed by atoms with Crippen molar-refractivity contribution in [3.63, 3.8) is 0 Å². The molecule has 0 aliphatic carbocycles. The van der Waals surface area contributed by atoms with Crippen LogP contribution in [0.25, 0.3) is 5.78 Å². The van der Waals surface area contributed by atoms with E-state index in [1.807, 2.05) is 69.3 Å². The van der Waals surface area contributed by atoms with Crippen molar-refractivity contribution in [2.24, 2.45) is 5.10 Å². The van der Waals surface area contributed by atoms with Crippen LogP contribution in [0.4, 0.5) is 0 Å². The van der Waals surface area contributed by atoms with E-state index < -0.39 is 5.41 Å². The van der Waals surface area contributed by atoms with Crippen molar-refractivity contribution in [1.82, 2.24) is 24.5 Å². The molecular formula is C22H21ClN6O2. The van der Waals surface area contributed by atoms with Crippen molar-refractivity contribution < 1.29 is 4.74 Å². The number of aromatic nitrogens is 5. The number of benzene rings is 2. The highest BCUT2D eigenvalue weighted by molar-refractivity contribution is 6.30. The second-order valence-corrected chi connectivity index (χ2v) is 8.46. The predicted octanol–water partition coefficient (Wildman–Crippen LogP) is 3.70. The molecular weight excluding hydrogens is 416 g/mol. The zero-order valence-electron chi connectivity index (χ0n) is 17.4. The number of rotatable bonds is 5. The molecule has 8 nitrogen and oxygen atoms in total. The number of fused-ring (bicyclic) bond motifs is 1. The second-order valence-electron chi connectivity index (χ2n) is 8.02. The molecule has 0 aliphatic heterocycles. The normalized spacial score (nSPS) is 12.0. The van der Waals surface area contributed by atoms with Crippen LogP contribution in [-0.2, 0) is 12.0 Å². The third-order valence-corrected chi connectivity index (χ3v) is 4.79. The van der Waals surface area contributed by atoms with Crippen molar-refractivity contribution in [2.75, 3.05) is 0 Å². The summed E-state index contributed by atoms with van der Waals surface area (Å²) in [4.78, 5) is 12.9. The average molecular weight is 437 g/mol. The summed E-state index contributed by atoms with van der Waals surface area (Å²) in [6.45, 7) is 6.20. The van der Waals surface area contributed by atoms with Crippen molar-refractivity contribution in [2.45, 2.75) is 32.8 Å². The molecule has 0 saturated heterocycles. The Kier molecular flexibility index (Phi) is 5.56. The minimum atomic E-state index is -0.449. The third-order valence-electron chi connectivity index (χ3n) is 4.54. The summed E-state index contributed by atoms with van der Waals surface area (Å²) in [5, 5.41) is 17.2. The topological polar surface area (TPSA) is 86.7 Å². The Morgan fingerprint density at radius 1 is 1.10 bits per heavy atom. The van der Waals surface area contributed by atoms with Crippen LogP contribution in [0, 0.1) is 0 Å². The van der Waals surface area contributed by atoms with E-state index in [0.717, 1.165) is 16.9 Å². The maximum Gasteiger partial charge on any atom is 0.298 e. The largest absolute Gasteiger partial charge is 0.489 e. The third kappa shape index (κ3) is 4.64. The predicted molar refractivity (Wildman–Crippen MR) is 119 cm³/mol. The van der Waals surface area contributed by atoms with Gasteiger partial charge in [-0.3, -0.25) is 4.79 Å². The first-order valence-corrected chi connectivity index (χ1v) is 10.0. The van der Waals surface area contributed by atoms with Gasteiger partial charge in [0.1, 0.15) is 24.4 Å². The summed E-state index contributed by atoms with van der Waals surface area (Å²) in [5.41, 5.74) is 1.43. The van der Waals surface area contributed by atoms with Gasteiger partial charge in [0, 0.05) is 10.4 Å². The number of nitrogens with zero attached hydrogens (tertiary/aromatic N) is 6. The number of ether oxygens (including phenoxy) is 1. The van der Waals surface area contributed by atoms with Crippen LogP contribution in [0.15, 0.2) is 64.8 Å². The Morgan fingerprint density at radius 3 is 2.48 bits per heavy atom. The van der Waals surface area contributed by atoms with Gasteiger partial charge in [-0.25, -0.2) is 0 Å². The van der Waals surface area contributed by atoms with Crippen LogP contribution in [0.3, 0.4) is 0 Å². The van der Waals surface area contributed by atoms with Crippen molar-refractivity contribution in [1.29, 1.82) is 0 Å². The molecule has 2 heterocycles. The second kappa shape index (κ2) is 8.31. The highest BCUT2D eigenvalue weighted by atomic mass is 35.5. The lowest BCUT2D eigenvalue weighted by molar-refractivity contribution is 0.306. The molecule has 4 aromatic rings. The lowest BCUT2D eigenvalue weighted by Crippen LogP contribution is -2.33. The summed E-state index contributed by atoms with van der Waals surface area (Å²) in [5.74, 6) is 0.972. The fourth-order valence-corrected chi connectivity index (χ4v) is 3.00. The molecule has 0 spiro atoms. The van der Waals surface area contributed by atoms with Gasteiger partial charge < -0.3 is 4.74 Å². The Morgan fingerprint density at radius 2 is 1.81 bits per heavy atom. The molecule has 0 aliphatic rings. The summed E-state index contributed by atoms with van der Waals surface area (Å²) >= 11 is 5.90. The molecule has 0 N–H and O–H groups in total. The Labute approximate surface area is 183 Å². The SMILES string of the molecule is CC(C)(C)c1nn2cnnc2n(/N=C/c2ccc(OCc3ccc(Cl)cc3)cc2)c1=O. The van der Waals surface area contributed by atoms with E-state index in [1.165, 1.54) is 15.5 Å². The molecule has 0 unspecified atom stereocenters. The van der Waals surface area contributed by atoms with E-state index in [4.69, 9.17) is 16.3 Å². The minimum Gasteiger partial charge on any atom is -0.489 e. The molecule has 0 atom stereocenters. The summed E-state index contributed by atoms with van der Waals surface area (Å²) < 4.78 is 8.46. The Hall–Kier alpha value is -3.52. The molecule has 2 aromatic carbocycles. The first-order chi connectivity index (χ1) is 14.8. The number of hydrogen-bond donors (Lipinski definition) is 0. The highest BCUT2D eigenvalue weighted by Gasteiger charge is 2.23. The van der Waals surface area contributed by atoms with Gasteiger partial charge in [-0.05, 0) is 47.5 Å². The van der Waals surface area contributed by atoms with Crippen LogP contribution < -0.4 is 10.3 Å². The van der Waals surface area contributed by atoms with Gasteiger partial charge in [-0.15, -0.1) is 10.2 Å². The van der Waals surface area contributed by atoms with E-state index in [-0.39, 0.29) is 11.3 Å². The lowest BCUT2D eigenvalue weighted by atomic mass is 9.93.